The molecule has 0 amide bonds. The third-order valence-corrected chi connectivity index (χ3v) is 2.10. The van der Waals surface area contributed by atoms with Gasteiger partial charge in [-0.1, -0.05) is 45.4 Å². The quantitative estimate of drug-likeness (QED) is 0.406. The van der Waals surface area contributed by atoms with E-state index in [1.807, 2.05) is 14.1 Å². The van der Waals surface area contributed by atoms with Crippen LogP contribution in [0.5, 0.6) is 0 Å². The first-order valence-corrected chi connectivity index (χ1v) is 5.57. The molecule has 0 heterocycles. The van der Waals surface area contributed by atoms with Crippen LogP contribution in [0.2, 0.25) is 0 Å². The molecule has 0 aromatic carbocycles. The van der Waals surface area contributed by atoms with E-state index in [9.17, 15) is 0 Å². The zero-order valence-corrected chi connectivity index (χ0v) is 9.51. The second-order valence-corrected chi connectivity index (χ2v) is 3.77. The molecule has 0 rings (SSSR count). The number of rotatable bonds is 9. The van der Waals surface area contributed by atoms with Crippen molar-refractivity contribution in [2.24, 2.45) is 0 Å². The Hall–Kier alpha value is -0.0800. The molecule has 0 aliphatic heterocycles. The lowest BCUT2D eigenvalue weighted by Gasteiger charge is -2.09. The van der Waals surface area contributed by atoms with Gasteiger partial charge in [-0.2, -0.15) is 5.06 Å². The van der Waals surface area contributed by atoms with Crippen LogP contribution < -0.4 is 0 Å². The van der Waals surface area contributed by atoms with Crippen LogP contribution >= 0.6 is 0 Å². The van der Waals surface area contributed by atoms with Crippen LogP contribution in [0, 0.1) is 0 Å². The molecule has 0 radical (unpaired) electrons. The summed E-state index contributed by atoms with van der Waals surface area (Å²) in [6.07, 6.45) is 9.43. The molecule has 0 aliphatic rings. The minimum atomic E-state index is 0.876. The average molecular weight is 187 g/mol. The van der Waals surface area contributed by atoms with Gasteiger partial charge in [-0.05, 0) is 6.42 Å². The molecule has 0 saturated heterocycles. The van der Waals surface area contributed by atoms with Crippen LogP contribution in [0.25, 0.3) is 0 Å². The van der Waals surface area contributed by atoms with Crippen molar-refractivity contribution in [1.82, 2.24) is 5.06 Å². The molecule has 2 nitrogen and oxygen atoms in total. The molecule has 0 unspecified atom stereocenters. The minimum Gasteiger partial charge on any atom is -0.300 e. The third-order valence-electron chi connectivity index (χ3n) is 2.10. The Balaban J connectivity index is 2.84. The molecule has 0 aromatic rings. The van der Waals surface area contributed by atoms with E-state index < -0.39 is 0 Å². The fourth-order valence-corrected chi connectivity index (χ4v) is 1.31. The lowest BCUT2D eigenvalue weighted by molar-refractivity contribution is -0.120. The van der Waals surface area contributed by atoms with Crippen LogP contribution in [0.3, 0.4) is 0 Å². The van der Waals surface area contributed by atoms with E-state index in [-0.39, 0.29) is 0 Å². The van der Waals surface area contributed by atoms with Crippen LogP contribution in [0.1, 0.15) is 51.9 Å². The van der Waals surface area contributed by atoms with E-state index in [1.165, 1.54) is 44.9 Å². The zero-order chi connectivity index (χ0) is 9.94. The van der Waals surface area contributed by atoms with Crippen LogP contribution in [0.4, 0.5) is 0 Å². The normalized spacial score (nSPS) is 11.1. The molecule has 2 heteroatoms. The Morgan fingerprint density at radius 2 is 1.38 bits per heavy atom. The van der Waals surface area contributed by atoms with E-state index >= 15 is 0 Å². The summed E-state index contributed by atoms with van der Waals surface area (Å²) in [6.45, 7) is 3.13. The van der Waals surface area contributed by atoms with Crippen molar-refractivity contribution in [3.05, 3.63) is 0 Å². The fraction of sp³-hybridized carbons (Fsp3) is 1.00. The number of hydroxylamine groups is 2. The van der Waals surface area contributed by atoms with Crippen molar-refractivity contribution < 1.29 is 4.84 Å². The molecule has 0 spiro atoms. The van der Waals surface area contributed by atoms with Gasteiger partial charge in [0, 0.05) is 14.1 Å². The van der Waals surface area contributed by atoms with E-state index in [0.29, 0.717) is 0 Å². The highest BCUT2D eigenvalue weighted by Crippen LogP contribution is 2.06. The van der Waals surface area contributed by atoms with Gasteiger partial charge in [0.2, 0.25) is 0 Å². The van der Waals surface area contributed by atoms with Crippen LogP contribution in [0.15, 0.2) is 0 Å². The highest BCUT2D eigenvalue weighted by atomic mass is 16.7. The predicted octanol–water partition coefficient (Wildman–Crippen LogP) is 3.23. The maximum absolute atomic E-state index is 5.30. The van der Waals surface area contributed by atoms with Crippen LogP contribution in [-0.2, 0) is 4.84 Å². The number of hydrogen-bond acceptors (Lipinski definition) is 2. The van der Waals surface area contributed by atoms with Crippen molar-refractivity contribution in [3.63, 3.8) is 0 Å². The summed E-state index contributed by atoms with van der Waals surface area (Å²) in [6, 6.07) is 0. The molecule has 0 fully saturated rings. The summed E-state index contributed by atoms with van der Waals surface area (Å²) in [4.78, 5) is 5.30. The van der Waals surface area contributed by atoms with E-state index in [4.69, 9.17) is 4.84 Å². The third kappa shape index (κ3) is 11.9. The summed E-state index contributed by atoms with van der Waals surface area (Å²) >= 11 is 0. The van der Waals surface area contributed by atoms with Gasteiger partial charge in [0.05, 0.1) is 6.61 Å². The Labute approximate surface area is 83.2 Å². The Bertz CT molecular complexity index is 94.1. The topological polar surface area (TPSA) is 12.5 Å². The highest BCUT2D eigenvalue weighted by molar-refractivity contribution is 4.44. The van der Waals surface area contributed by atoms with Gasteiger partial charge in [-0.3, -0.25) is 4.84 Å². The molecule has 80 valence electrons. The average Bonchev–Trinajstić information content (AvgIpc) is 2.09. The first-order valence-electron chi connectivity index (χ1n) is 5.57. The zero-order valence-electron chi connectivity index (χ0n) is 9.51. The summed E-state index contributed by atoms with van der Waals surface area (Å²) < 4.78 is 0. The van der Waals surface area contributed by atoms with Crippen molar-refractivity contribution in [3.8, 4) is 0 Å². The van der Waals surface area contributed by atoms with Gasteiger partial charge in [0.25, 0.3) is 0 Å². The smallest absolute Gasteiger partial charge is 0.0684 e. The first kappa shape index (κ1) is 12.9. The van der Waals surface area contributed by atoms with Crippen molar-refractivity contribution in [2.75, 3.05) is 20.7 Å². The molecular formula is C11H25NO. The van der Waals surface area contributed by atoms with Crippen molar-refractivity contribution >= 4 is 0 Å². The number of hydrogen-bond donors (Lipinski definition) is 0. The second kappa shape index (κ2) is 10.0. The lowest BCUT2D eigenvalue weighted by Crippen LogP contribution is -2.13. The maximum atomic E-state index is 5.30. The molecular weight excluding hydrogens is 162 g/mol. The predicted molar refractivity (Wildman–Crippen MR) is 57.6 cm³/mol. The number of nitrogens with zero attached hydrogens (tertiary/aromatic N) is 1. The standard InChI is InChI=1S/C11H25NO/c1-4-5-6-7-8-9-10-11-13-12(2)3/h4-11H2,1-3H3. The van der Waals surface area contributed by atoms with Crippen molar-refractivity contribution in [2.45, 2.75) is 51.9 Å². The van der Waals surface area contributed by atoms with E-state index in [1.54, 1.807) is 5.06 Å². The molecule has 13 heavy (non-hydrogen) atoms. The van der Waals surface area contributed by atoms with Crippen LogP contribution in [-0.4, -0.2) is 25.8 Å². The Kier molecular flexibility index (Phi) is 9.94. The molecule has 0 atom stereocenters. The lowest BCUT2D eigenvalue weighted by atomic mass is 10.1. The second-order valence-electron chi connectivity index (χ2n) is 3.77. The summed E-state index contributed by atoms with van der Waals surface area (Å²) in [5, 5.41) is 1.77. The Morgan fingerprint density at radius 3 is 1.92 bits per heavy atom. The van der Waals surface area contributed by atoms with E-state index in [2.05, 4.69) is 6.92 Å². The van der Waals surface area contributed by atoms with Gasteiger partial charge >= 0.3 is 0 Å². The molecule has 0 aliphatic carbocycles. The fourth-order valence-electron chi connectivity index (χ4n) is 1.31. The van der Waals surface area contributed by atoms with Gasteiger partial charge in [0.1, 0.15) is 0 Å². The van der Waals surface area contributed by atoms with Gasteiger partial charge in [-0.25, -0.2) is 0 Å². The largest absolute Gasteiger partial charge is 0.300 e. The van der Waals surface area contributed by atoms with Crippen molar-refractivity contribution in [1.29, 1.82) is 0 Å². The summed E-state index contributed by atoms with van der Waals surface area (Å²) in [5.41, 5.74) is 0. The Morgan fingerprint density at radius 1 is 0.846 bits per heavy atom. The highest BCUT2D eigenvalue weighted by Gasteiger charge is 1.92. The molecule has 0 N–H and O–H groups in total. The molecule has 0 aromatic heterocycles. The SMILES string of the molecule is CCCCCCCCCON(C)C. The summed E-state index contributed by atoms with van der Waals surface area (Å²) in [5.74, 6) is 0. The molecule has 0 saturated carbocycles. The van der Waals surface area contributed by atoms with Gasteiger partial charge in [-0.15, -0.1) is 0 Å². The van der Waals surface area contributed by atoms with E-state index in [0.717, 1.165) is 6.61 Å². The summed E-state index contributed by atoms with van der Waals surface area (Å²) in [7, 11) is 3.86. The van der Waals surface area contributed by atoms with Gasteiger partial charge < -0.3 is 0 Å². The van der Waals surface area contributed by atoms with Gasteiger partial charge in [0.15, 0.2) is 0 Å². The number of unbranched alkanes of at least 4 members (excludes halogenated alkanes) is 6. The maximum Gasteiger partial charge on any atom is 0.0684 e. The molecule has 0 bridgehead atoms. The first-order chi connectivity index (χ1) is 6.27. The monoisotopic (exact) mass is 187 g/mol. The minimum absolute atomic E-state index is 0.876.